The number of hydrogen-bond donors (Lipinski definition) is 0. The second-order valence-corrected chi connectivity index (χ2v) is 4.00. The normalized spacial score (nSPS) is 9.73. The first-order chi connectivity index (χ1) is 5.16. The Kier molecular flexibility index (Phi) is 2.62. The molecule has 0 aliphatic carbocycles. The van der Waals surface area contributed by atoms with Gasteiger partial charge in [0, 0.05) is 0 Å². The number of ether oxygens (including phenoxy) is 1. The second-order valence-electron chi connectivity index (χ2n) is 1.91. The monoisotopic (exact) mass is 235 g/mol. The Morgan fingerprint density at radius 3 is 2.73 bits per heavy atom. The van der Waals surface area contributed by atoms with E-state index in [0.29, 0.717) is 11.3 Å². The predicted molar refractivity (Wildman–Crippen MR) is 45.9 cm³/mol. The third-order valence-corrected chi connectivity index (χ3v) is 2.77. The molecule has 0 unspecified atom stereocenters. The van der Waals surface area contributed by atoms with Crippen LogP contribution in [0.3, 0.4) is 0 Å². The minimum Gasteiger partial charge on any atom is -0.465 e. The Bertz CT molecular complexity index is 265. The number of methoxy groups -OCH3 is 1. The van der Waals surface area contributed by atoms with Gasteiger partial charge in [0.15, 0.2) is 0 Å². The molecular weight excluding hydrogens is 230 g/mol. The molecule has 0 N–H and O–H groups in total. The first kappa shape index (κ1) is 8.67. The number of aromatic nitrogens is 1. The minimum atomic E-state index is -0.344. The fraction of sp³-hybridized carbons (Fsp3) is 0.333. The van der Waals surface area contributed by atoms with Crippen molar-refractivity contribution in [3.63, 3.8) is 0 Å². The smallest absolute Gasteiger partial charge is 0.341 e. The molecule has 60 valence electrons. The molecule has 5 heteroatoms. The van der Waals surface area contributed by atoms with Gasteiger partial charge >= 0.3 is 5.97 Å². The quantitative estimate of drug-likeness (QED) is 0.700. The van der Waals surface area contributed by atoms with Gasteiger partial charge in [-0.25, -0.2) is 4.79 Å². The number of rotatable bonds is 1. The molecule has 1 heterocycles. The highest BCUT2D eigenvalue weighted by atomic mass is 79.9. The summed E-state index contributed by atoms with van der Waals surface area (Å²) in [5, 5.41) is 0. The summed E-state index contributed by atoms with van der Waals surface area (Å²) in [5.74, 6) is -0.344. The third-order valence-electron chi connectivity index (χ3n) is 1.21. The Balaban J connectivity index is 3.10. The van der Waals surface area contributed by atoms with E-state index >= 15 is 0 Å². The highest BCUT2D eigenvalue weighted by Crippen LogP contribution is 2.24. The van der Waals surface area contributed by atoms with E-state index in [-0.39, 0.29) is 5.97 Å². The number of nitrogens with zero attached hydrogens (tertiary/aromatic N) is 1. The molecule has 0 bridgehead atoms. The van der Waals surface area contributed by atoms with Gasteiger partial charge < -0.3 is 4.74 Å². The zero-order valence-electron chi connectivity index (χ0n) is 6.05. The Hall–Kier alpha value is -0.420. The Labute approximate surface area is 76.7 Å². The second kappa shape index (κ2) is 3.32. The molecule has 0 atom stereocenters. The maximum absolute atomic E-state index is 11.0. The van der Waals surface area contributed by atoms with Crippen LogP contribution in [-0.2, 0) is 4.74 Å². The molecule has 0 saturated carbocycles. The molecule has 1 aromatic heterocycles. The first-order valence-electron chi connectivity index (χ1n) is 2.87. The summed E-state index contributed by atoms with van der Waals surface area (Å²) < 4.78 is 9.26. The van der Waals surface area contributed by atoms with Crippen molar-refractivity contribution in [3.8, 4) is 0 Å². The van der Waals surface area contributed by atoms with Crippen LogP contribution in [0.5, 0.6) is 0 Å². The summed E-state index contributed by atoms with van der Waals surface area (Å²) in [6, 6.07) is 0. The van der Waals surface area contributed by atoms with E-state index in [1.807, 2.05) is 0 Å². The van der Waals surface area contributed by atoms with Crippen molar-refractivity contribution in [1.29, 1.82) is 0 Å². The predicted octanol–water partition coefficient (Wildman–Crippen LogP) is 2.00. The number of aryl methyl sites for hydroxylation is 1. The number of carbonyl (C=O) groups excluding carboxylic acids is 1. The van der Waals surface area contributed by atoms with Crippen molar-refractivity contribution in [1.82, 2.24) is 4.37 Å². The van der Waals surface area contributed by atoms with Gasteiger partial charge in [-0.2, -0.15) is 4.37 Å². The Morgan fingerprint density at radius 1 is 1.73 bits per heavy atom. The van der Waals surface area contributed by atoms with Crippen LogP contribution in [0.25, 0.3) is 0 Å². The van der Waals surface area contributed by atoms with Gasteiger partial charge in [0.2, 0.25) is 0 Å². The first-order valence-corrected chi connectivity index (χ1v) is 4.43. The van der Waals surface area contributed by atoms with Gasteiger partial charge in [-0.15, -0.1) is 0 Å². The van der Waals surface area contributed by atoms with E-state index < -0.39 is 0 Å². The number of carbonyl (C=O) groups is 1. The SMILES string of the molecule is COC(=O)c1c(C)nsc1Br. The fourth-order valence-electron chi connectivity index (χ4n) is 0.672. The molecule has 0 aliphatic rings. The maximum Gasteiger partial charge on any atom is 0.341 e. The molecule has 0 aliphatic heterocycles. The van der Waals surface area contributed by atoms with Crippen molar-refractivity contribution < 1.29 is 9.53 Å². The largest absolute Gasteiger partial charge is 0.465 e. The van der Waals surface area contributed by atoms with Crippen LogP contribution in [0.2, 0.25) is 0 Å². The molecule has 0 saturated heterocycles. The highest BCUT2D eigenvalue weighted by Gasteiger charge is 2.16. The van der Waals surface area contributed by atoms with Crippen LogP contribution >= 0.6 is 27.5 Å². The van der Waals surface area contributed by atoms with Gasteiger partial charge in [0.1, 0.15) is 9.35 Å². The molecule has 0 spiro atoms. The lowest BCUT2D eigenvalue weighted by Gasteiger charge is -1.95. The molecule has 1 rings (SSSR count). The van der Waals surface area contributed by atoms with Crippen LogP contribution in [0.4, 0.5) is 0 Å². The highest BCUT2D eigenvalue weighted by molar-refractivity contribution is 9.11. The fourth-order valence-corrected chi connectivity index (χ4v) is 1.97. The lowest BCUT2D eigenvalue weighted by molar-refractivity contribution is 0.0599. The van der Waals surface area contributed by atoms with Gasteiger partial charge in [-0.05, 0) is 34.4 Å². The van der Waals surface area contributed by atoms with Crippen molar-refractivity contribution in [2.45, 2.75) is 6.92 Å². The van der Waals surface area contributed by atoms with Gasteiger partial charge in [0.05, 0.1) is 12.8 Å². The number of esters is 1. The Morgan fingerprint density at radius 2 is 2.36 bits per heavy atom. The van der Waals surface area contributed by atoms with E-state index in [1.165, 1.54) is 18.6 Å². The van der Waals surface area contributed by atoms with Crippen molar-refractivity contribution in [2.24, 2.45) is 0 Å². The van der Waals surface area contributed by atoms with E-state index in [2.05, 4.69) is 25.0 Å². The van der Waals surface area contributed by atoms with Crippen LogP contribution < -0.4 is 0 Å². The molecule has 3 nitrogen and oxygen atoms in total. The van der Waals surface area contributed by atoms with Gasteiger partial charge in [-0.3, -0.25) is 0 Å². The molecule has 0 radical (unpaired) electrons. The molecule has 11 heavy (non-hydrogen) atoms. The summed E-state index contributed by atoms with van der Waals surface area (Å²) in [5.41, 5.74) is 1.23. The molecular formula is C6H6BrNO2S. The third kappa shape index (κ3) is 1.59. The van der Waals surface area contributed by atoms with E-state index in [9.17, 15) is 4.79 Å². The van der Waals surface area contributed by atoms with Crippen LogP contribution in [0.1, 0.15) is 16.1 Å². The average Bonchev–Trinajstić information content (AvgIpc) is 2.30. The number of halogens is 1. The van der Waals surface area contributed by atoms with Crippen LogP contribution in [0.15, 0.2) is 3.79 Å². The summed E-state index contributed by atoms with van der Waals surface area (Å²) in [6.07, 6.45) is 0. The van der Waals surface area contributed by atoms with E-state index in [1.54, 1.807) is 6.92 Å². The molecule has 0 fully saturated rings. The van der Waals surface area contributed by atoms with Gasteiger partial charge in [-0.1, -0.05) is 0 Å². The van der Waals surface area contributed by atoms with Gasteiger partial charge in [0.25, 0.3) is 0 Å². The summed E-state index contributed by atoms with van der Waals surface area (Å²) >= 11 is 4.45. The average molecular weight is 236 g/mol. The lowest BCUT2D eigenvalue weighted by Crippen LogP contribution is -2.02. The van der Waals surface area contributed by atoms with E-state index in [0.717, 1.165) is 3.79 Å². The number of hydrogen-bond acceptors (Lipinski definition) is 4. The summed E-state index contributed by atoms with van der Waals surface area (Å²) in [7, 11) is 1.35. The van der Waals surface area contributed by atoms with Crippen molar-refractivity contribution >= 4 is 33.4 Å². The van der Waals surface area contributed by atoms with Crippen molar-refractivity contribution in [3.05, 3.63) is 15.0 Å². The summed E-state index contributed by atoms with van der Waals surface area (Å²) in [4.78, 5) is 11.0. The zero-order valence-corrected chi connectivity index (χ0v) is 8.45. The molecule has 1 aromatic rings. The topological polar surface area (TPSA) is 39.2 Å². The minimum absolute atomic E-state index is 0.344. The van der Waals surface area contributed by atoms with E-state index in [4.69, 9.17) is 0 Å². The summed E-state index contributed by atoms with van der Waals surface area (Å²) in [6.45, 7) is 1.77. The van der Waals surface area contributed by atoms with Crippen LogP contribution in [0, 0.1) is 6.92 Å². The zero-order chi connectivity index (χ0) is 8.43. The lowest BCUT2D eigenvalue weighted by atomic mass is 10.3. The molecule has 0 amide bonds. The van der Waals surface area contributed by atoms with Crippen molar-refractivity contribution in [2.75, 3.05) is 7.11 Å². The standard InChI is InChI=1S/C6H6BrNO2S/c1-3-4(6(9)10-2)5(7)11-8-3/h1-2H3. The van der Waals surface area contributed by atoms with Crippen LogP contribution in [-0.4, -0.2) is 17.5 Å². The maximum atomic E-state index is 11.0. The molecule has 0 aromatic carbocycles.